The summed E-state index contributed by atoms with van der Waals surface area (Å²) in [6.07, 6.45) is -0.511. The van der Waals surface area contributed by atoms with E-state index in [-0.39, 0.29) is 11.3 Å². The van der Waals surface area contributed by atoms with E-state index in [9.17, 15) is 18.3 Å². The van der Waals surface area contributed by atoms with Crippen LogP contribution in [0.25, 0.3) is 0 Å². The molecule has 0 aliphatic carbocycles. The van der Waals surface area contributed by atoms with Crippen LogP contribution in [0.4, 0.5) is 18.9 Å². The average molecular weight is 351 g/mol. The second kappa shape index (κ2) is 6.29. The van der Waals surface area contributed by atoms with Crippen molar-refractivity contribution in [2.75, 3.05) is 18.0 Å². The van der Waals surface area contributed by atoms with Gasteiger partial charge in [0.25, 0.3) is 0 Å². The molecule has 7 heteroatoms. The van der Waals surface area contributed by atoms with Crippen LogP contribution >= 0.6 is 0 Å². The standard InChI is InChI=1S/C18H20F3N3O/c1-17(2,16(25)12-4-3-7-22-8-12)13-10-24(11-13)14-5-6-15(23-9-14)18(19,20)21/h3-9,13,16,25H,10-11H2,1-2H3. The molecule has 2 aromatic heterocycles. The van der Waals surface area contributed by atoms with E-state index in [1.807, 2.05) is 24.8 Å². The highest BCUT2D eigenvalue weighted by Crippen LogP contribution is 2.45. The summed E-state index contributed by atoms with van der Waals surface area (Å²) in [6, 6.07) is 6.07. The molecular weight excluding hydrogens is 331 g/mol. The molecule has 0 radical (unpaired) electrons. The largest absolute Gasteiger partial charge is 0.433 e. The lowest BCUT2D eigenvalue weighted by molar-refractivity contribution is -0.141. The second-order valence-electron chi connectivity index (χ2n) is 7.01. The Labute approximate surface area is 144 Å². The van der Waals surface area contributed by atoms with Crippen LogP contribution in [0, 0.1) is 11.3 Å². The van der Waals surface area contributed by atoms with Crippen LogP contribution in [0.1, 0.15) is 31.2 Å². The number of rotatable bonds is 4. The lowest BCUT2D eigenvalue weighted by Crippen LogP contribution is -2.54. The maximum atomic E-state index is 12.6. The first kappa shape index (κ1) is 17.7. The molecule has 0 spiro atoms. The first-order valence-electron chi connectivity index (χ1n) is 8.06. The Hall–Kier alpha value is -2.15. The predicted octanol–water partition coefficient (Wildman–Crippen LogP) is 3.69. The van der Waals surface area contributed by atoms with Gasteiger partial charge in [0.15, 0.2) is 0 Å². The Bertz CT molecular complexity index is 711. The molecule has 1 aliphatic heterocycles. The molecule has 1 fully saturated rings. The Morgan fingerprint density at radius 2 is 1.88 bits per heavy atom. The van der Waals surface area contributed by atoms with E-state index in [0.717, 1.165) is 11.6 Å². The van der Waals surface area contributed by atoms with Crippen molar-refractivity contribution < 1.29 is 18.3 Å². The molecule has 0 aromatic carbocycles. The molecule has 1 atom stereocenters. The maximum Gasteiger partial charge on any atom is 0.433 e. The van der Waals surface area contributed by atoms with Gasteiger partial charge in [0.2, 0.25) is 0 Å². The smallest absolute Gasteiger partial charge is 0.388 e. The SMILES string of the molecule is CC(C)(C1CN(c2ccc(C(F)(F)F)nc2)C1)C(O)c1cccnc1. The number of aliphatic hydroxyl groups is 1. The third-order valence-electron chi connectivity index (χ3n) is 5.04. The fraction of sp³-hybridized carbons (Fsp3) is 0.444. The van der Waals surface area contributed by atoms with Crippen molar-refractivity contribution in [3.8, 4) is 0 Å². The van der Waals surface area contributed by atoms with Crippen molar-refractivity contribution in [3.63, 3.8) is 0 Å². The van der Waals surface area contributed by atoms with Gasteiger partial charge in [0.05, 0.1) is 18.0 Å². The first-order valence-corrected chi connectivity index (χ1v) is 8.06. The van der Waals surface area contributed by atoms with Crippen molar-refractivity contribution in [1.29, 1.82) is 0 Å². The molecule has 4 nitrogen and oxygen atoms in total. The summed E-state index contributed by atoms with van der Waals surface area (Å²) in [5.41, 5.74) is 0.164. The van der Waals surface area contributed by atoms with Crippen molar-refractivity contribution in [2.45, 2.75) is 26.1 Å². The molecule has 3 rings (SSSR count). The highest BCUT2D eigenvalue weighted by atomic mass is 19.4. The summed E-state index contributed by atoms with van der Waals surface area (Å²) in [5.74, 6) is 0.213. The molecule has 3 heterocycles. The number of aliphatic hydroxyl groups excluding tert-OH is 1. The summed E-state index contributed by atoms with van der Waals surface area (Å²) in [4.78, 5) is 9.51. The Morgan fingerprint density at radius 3 is 2.40 bits per heavy atom. The monoisotopic (exact) mass is 351 g/mol. The fourth-order valence-corrected chi connectivity index (χ4v) is 3.09. The van der Waals surface area contributed by atoms with Crippen LogP contribution in [0.5, 0.6) is 0 Å². The number of halogens is 3. The highest BCUT2D eigenvalue weighted by molar-refractivity contribution is 5.47. The van der Waals surface area contributed by atoms with Crippen LogP contribution < -0.4 is 4.90 Å². The molecule has 25 heavy (non-hydrogen) atoms. The van der Waals surface area contributed by atoms with E-state index in [1.165, 1.54) is 12.3 Å². The molecule has 0 bridgehead atoms. The van der Waals surface area contributed by atoms with E-state index >= 15 is 0 Å². The minimum Gasteiger partial charge on any atom is -0.388 e. The zero-order chi connectivity index (χ0) is 18.2. The summed E-state index contributed by atoms with van der Waals surface area (Å²) in [5, 5.41) is 10.7. The molecule has 1 unspecified atom stereocenters. The van der Waals surface area contributed by atoms with E-state index in [4.69, 9.17) is 0 Å². The van der Waals surface area contributed by atoms with Gasteiger partial charge in [-0.15, -0.1) is 0 Å². The van der Waals surface area contributed by atoms with Crippen LogP contribution in [-0.2, 0) is 6.18 Å². The predicted molar refractivity (Wildman–Crippen MR) is 87.9 cm³/mol. The van der Waals surface area contributed by atoms with Gasteiger partial charge in [-0.2, -0.15) is 13.2 Å². The number of alkyl halides is 3. The highest BCUT2D eigenvalue weighted by Gasteiger charge is 2.44. The third-order valence-corrected chi connectivity index (χ3v) is 5.04. The third kappa shape index (κ3) is 3.46. The molecule has 1 saturated heterocycles. The molecule has 0 saturated carbocycles. The van der Waals surface area contributed by atoms with Crippen molar-refractivity contribution in [2.24, 2.45) is 11.3 Å². The minimum absolute atomic E-state index is 0.213. The Morgan fingerprint density at radius 1 is 1.16 bits per heavy atom. The van der Waals surface area contributed by atoms with Gasteiger partial charge >= 0.3 is 6.18 Å². The van der Waals surface area contributed by atoms with E-state index < -0.39 is 18.0 Å². The zero-order valence-electron chi connectivity index (χ0n) is 14.0. The number of nitrogens with zero attached hydrogens (tertiary/aromatic N) is 3. The molecule has 2 aromatic rings. The minimum atomic E-state index is -4.42. The van der Waals surface area contributed by atoms with Crippen LogP contribution in [-0.4, -0.2) is 28.2 Å². The van der Waals surface area contributed by atoms with E-state index in [0.29, 0.717) is 18.8 Å². The quantitative estimate of drug-likeness (QED) is 0.913. The van der Waals surface area contributed by atoms with Gasteiger partial charge in [-0.25, -0.2) is 4.98 Å². The van der Waals surface area contributed by atoms with Crippen LogP contribution in [0.3, 0.4) is 0 Å². The van der Waals surface area contributed by atoms with E-state index in [1.54, 1.807) is 18.5 Å². The Balaban J connectivity index is 1.65. The van der Waals surface area contributed by atoms with Crippen molar-refractivity contribution in [1.82, 2.24) is 9.97 Å². The van der Waals surface area contributed by atoms with Crippen LogP contribution in [0.2, 0.25) is 0 Å². The lowest BCUT2D eigenvalue weighted by Gasteiger charge is -2.50. The number of pyridine rings is 2. The Kier molecular flexibility index (Phi) is 4.45. The van der Waals surface area contributed by atoms with Gasteiger partial charge in [-0.3, -0.25) is 4.98 Å². The topological polar surface area (TPSA) is 49.2 Å². The number of hydrogen-bond donors (Lipinski definition) is 1. The number of anilines is 1. The van der Waals surface area contributed by atoms with Gasteiger partial charge in [-0.1, -0.05) is 19.9 Å². The summed E-state index contributed by atoms with van der Waals surface area (Å²) >= 11 is 0. The molecule has 1 N–H and O–H groups in total. The van der Waals surface area contributed by atoms with Crippen LogP contribution in [0.15, 0.2) is 42.9 Å². The van der Waals surface area contributed by atoms with Gasteiger partial charge in [-0.05, 0) is 23.8 Å². The molecule has 0 amide bonds. The zero-order valence-corrected chi connectivity index (χ0v) is 14.0. The molecule has 134 valence electrons. The van der Waals surface area contributed by atoms with Gasteiger partial charge < -0.3 is 10.0 Å². The summed E-state index contributed by atoms with van der Waals surface area (Å²) in [6.45, 7) is 5.32. The summed E-state index contributed by atoms with van der Waals surface area (Å²) in [7, 11) is 0. The molecular formula is C18H20F3N3O. The van der Waals surface area contributed by atoms with E-state index in [2.05, 4.69) is 9.97 Å². The fourth-order valence-electron chi connectivity index (χ4n) is 3.09. The maximum absolute atomic E-state index is 12.6. The van der Waals surface area contributed by atoms with Crippen molar-refractivity contribution in [3.05, 3.63) is 54.1 Å². The summed E-state index contributed by atoms with van der Waals surface area (Å²) < 4.78 is 37.7. The first-order chi connectivity index (χ1) is 11.7. The number of hydrogen-bond acceptors (Lipinski definition) is 4. The normalized spacial score (nSPS) is 17.3. The second-order valence-corrected chi connectivity index (χ2v) is 7.01. The average Bonchev–Trinajstić information content (AvgIpc) is 2.53. The number of aromatic nitrogens is 2. The molecule has 1 aliphatic rings. The lowest BCUT2D eigenvalue weighted by atomic mass is 9.69. The van der Waals surface area contributed by atoms with Crippen molar-refractivity contribution >= 4 is 5.69 Å². The van der Waals surface area contributed by atoms with Gasteiger partial charge in [0.1, 0.15) is 5.69 Å². The van der Waals surface area contributed by atoms with Gasteiger partial charge in [0, 0.05) is 36.8 Å².